The molecule has 0 saturated heterocycles. The fourth-order valence-corrected chi connectivity index (χ4v) is 0. The molecule has 0 unspecified atom stereocenters. The van der Waals surface area contributed by atoms with Crippen molar-refractivity contribution in [2.45, 2.75) is 0 Å². The second kappa shape index (κ2) is 445. The van der Waals surface area contributed by atoms with Gasteiger partial charge < -0.3 is 40.1 Å². The summed E-state index contributed by atoms with van der Waals surface area (Å²) in [4.78, 5) is 0. The van der Waals surface area contributed by atoms with Crippen molar-refractivity contribution >= 4 is 0 Å². The van der Waals surface area contributed by atoms with Crippen molar-refractivity contribution in [3.63, 3.8) is 0 Å². The van der Waals surface area contributed by atoms with Crippen molar-refractivity contribution < 1.29 is 61.9 Å². The minimum atomic E-state index is 0. The third-order valence-electron chi connectivity index (χ3n) is 0. The number of rotatable bonds is 0. The van der Waals surface area contributed by atoms with Gasteiger partial charge >= 0.3 is 21.7 Å². The van der Waals surface area contributed by atoms with E-state index in [1.54, 1.807) is 0 Å². The fraction of sp³-hybridized carbons (Fsp3) is 1.00. The average Bonchev–Trinajstić information content (AvgIpc) is 1.81. The van der Waals surface area contributed by atoms with E-state index in [1.165, 1.54) is 0 Å². The summed E-state index contributed by atoms with van der Waals surface area (Å²) in [7, 11) is 3.00. The summed E-state index contributed by atoms with van der Waals surface area (Å²) >= 11 is 0. The summed E-state index contributed by atoms with van der Waals surface area (Å²) in [5.41, 5.74) is 0. The Hall–Kier alpha value is 1.17. The number of halogens is 2. The van der Waals surface area contributed by atoms with E-state index in [2.05, 4.69) is 0 Å². The summed E-state index contributed by atoms with van der Waals surface area (Å²) in [5.74, 6) is 0. The van der Waals surface area contributed by atoms with Crippen molar-refractivity contribution in [1.82, 2.24) is 0 Å². The van der Waals surface area contributed by atoms with Gasteiger partial charge in [-0.05, 0) is 0 Å². The van der Waals surface area contributed by atoms with Crippen LogP contribution in [0.25, 0.3) is 0 Å². The molecule has 6 heteroatoms. The smallest absolute Gasteiger partial charge is 1.00 e. The van der Waals surface area contributed by atoms with Crippen LogP contribution in [0.3, 0.4) is 0 Å². The molecule has 0 atom stereocenters. The summed E-state index contributed by atoms with van der Waals surface area (Å²) in [5, 5.41) is 21.0. The monoisotopic (exact) mass is 214 g/mol. The zero-order valence-electron chi connectivity index (χ0n) is 5.60. The molecule has 0 radical (unpaired) electrons. The molecule has 0 rings (SSSR count). The molecule has 60 valence electrons. The van der Waals surface area contributed by atoms with E-state index < -0.39 is 0 Å². The first-order valence-corrected chi connectivity index (χ1v) is 1.34. The Morgan fingerprint density at radius 3 is 0.556 bits per heavy atom. The topological polar surface area (TPSA) is 60.7 Å². The maximum Gasteiger partial charge on any atom is 2.00 e. The van der Waals surface area contributed by atoms with E-state index in [0.29, 0.717) is 0 Å². The summed E-state index contributed by atoms with van der Waals surface area (Å²) in [6.07, 6.45) is 0. The molecule has 0 aromatic rings. The van der Waals surface area contributed by atoms with Crippen LogP contribution >= 0.6 is 0 Å². The van der Waals surface area contributed by atoms with Crippen molar-refractivity contribution in [3.05, 3.63) is 0 Å². The van der Waals surface area contributed by atoms with Crippen LogP contribution in [0.5, 0.6) is 0 Å². The molecular formula is C3H12Cl2O3Ti. The third-order valence-corrected chi connectivity index (χ3v) is 0. The van der Waals surface area contributed by atoms with E-state index >= 15 is 0 Å². The molecule has 0 spiro atoms. The summed E-state index contributed by atoms with van der Waals surface area (Å²) in [6.45, 7) is 0. The quantitative estimate of drug-likeness (QED) is 0.352. The molecule has 9 heavy (non-hydrogen) atoms. The van der Waals surface area contributed by atoms with Crippen molar-refractivity contribution in [1.29, 1.82) is 0 Å². The first kappa shape index (κ1) is 49.1. The first-order valence-electron chi connectivity index (χ1n) is 1.34. The van der Waals surface area contributed by atoms with E-state index in [1.807, 2.05) is 0 Å². The Bertz CT molecular complexity index is 17.0. The standard InChI is InChI=1S/3CH4O.2ClH.Ti/c3*1-2;;;/h3*2H,1H3;2*1H;/q;;;;;+2/p-2. The van der Waals surface area contributed by atoms with Gasteiger partial charge in [-0.1, -0.05) is 0 Å². The molecule has 0 aliphatic heterocycles. The maximum absolute atomic E-state index is 7.00. The van der Waals surface area contributed by atoms with Gasteiger partial charge in [-0.25, -0.2) is 0 Å². The molecule has 0 saturated carbocycles. The fourth-order valence-electron chi connectivity index (χ4n) is 0. The Morgan fingerprint density at radius 2 is 0.556 bits per heavy atom. The molecule has 3 N–H and O–H groups in total. The maximum atomic E-state index is 7.00. The number of aliphatic hydroxyl groups excluding tert-OH is 3. The van der Waals surface area contributed by atoms with Gasteiger partial charge in [0, 0.05) is 21.3 Å². The normalized spacial score (nSPS) is 2.00. The molecule has 0 fully saturated rings. The van der Waals surface area contributed by atoms with Crippen LogP contribution in [-0.4, -0.2) is 36.6 Å². The molecular weight excluding hydrogens is 203 g/mol. The van der Waals surface area contributed by atoms with Crippen LogP contribution in [0.4, 0.5) is 0 Å². The van der Waals surface area contributed by atoms with Gasteiger partial charge in [0.15, 0.2) is 0 Å². The average molecular weight is 215 g/mol. The van der Waals surface area contributed by atoms with E-state index in [4.69, 9.17) is 15.3 Å². The number of aliphatic hydroxyl groups is 3. The third kappa shape index (κ3) is 342. The van der Waals surface area contributed by atoms with Crippen molar-refractivity contribution in [2.75, 3.05) is 21.3 Å². The molecule has 0 heterocycles. The van der Waals surface area contributed by atoms with Gasteiger partial charge in [-0.15, -0.1) is 0 Å². The number of hydrogen-bond donors (Lipinski definition) is 3. The van der Waals surface area contributed by atoms with Crippen molar-refractivity contribution in [2.24, 2.45) is 0 Å². The van der Waals surface area contributed by atoms with E-state index in [-0.39, 0.29) is 46.5 Å². The molecule has 0 aromatic carbocycles. The largest absolute Gasteiger partial charge is 2.00 e. The van der Waals surface area contributed by atoms with Crippen LogP contribution in [-0.2, 0) is 21.7 Å². The van der Waals surface area contributed by atoms with Gasteiger partial charge in [0.05, 0.1) is 0 Å². The van der Waals surface area contributed by atoms with Gasteiger partial charge in [0.2, 0.25) is 0 Å². The van der Waals surface area contributed by atoms with Crippen LogP contribution in [0.1, 0.15) is 0 Å². The summed E-state index contributed by atoms with van der Waals surface area (Å²) < 4.78 is 0. The van der Waals surface area contributed by atoms with Gasteiger partial charge in [-0.2, -0.15) is 0 Å². The van der Waals surface area contributed by atoms with Crippen LogP contribution in [0, 0.1) is 0 Å². The summed E-state index contributed by atoms with van der Waals surface area (Å²) in [6, 6.07) is 0. The van der Waals surface area contributed by atoms with E-state index in [9.17, 15) is 0 Å². The minimum Gasteiger partial charge on any atom is -1.00 e. The molecule has 0 aromatic heterocycles. The molecule has 0 aliphatic carbocycles. The zero-order valence-corrected chi connectivity index (χ0v) is 8.67. The van der Waals surface area contributed by atoms with Crippen molar-refractivity contribution in [3.8, 4) is 0 Å². The minimum absolute atomic E-state index is 0. The zero-order chi connectivity index (χ0) is 6.00. The molecule has 3 nitrogen and oxygen atoms in total. The SMILES string of the molecule is CO.CO.CO.[Cl-].[Cl-].[Ti+2]. The Kier molecular flexibility index (Phi) is 2430. The Labute approximate surface area is 83.2 Å². The second-order valence-corrected chi connectivity index (χ2v) is 0. The predicted octanol–water partition coefficient (Wildman–Crippen LogP) is -7.17. The Balaban J connectivity index is -0.00000000321. The van der Waals surface area contributed by atoms with Crippen LogP contribution in [0.2, 0.25) is 0 Å². The van der Waals surface area contributed by atoms with Gasteiger partial charge in [-0.3, -0.25) is 0 Å². The van der Waals surface area contributed by atoms with Crippen LogP contribution in [0.15, 0.2) is 0 Å². The molecule has 0 aliphatic rings. The van der Waals surface area contributed by atoms with E-state index in [0.717, 1.165) is 21.3 Å². The Morgan fingerprint density at radius 1 is 0.556 bits per heavy atom. The van der Waals surface area contributed by atoms with Crippen LogP contribution < -0.4 is 24.8 Å². The van der Waals surface area contributed by atoms with Gasteiger partial charge in [0.1, 0.15) is 0 Å². The molecule has 0 bridgehead atoms. The first-order chi connectivity index (χ1) is 3.00. The number of hydrogen-bond acceptors (Lipinski definition) is 3. The molecule has 0 amide bonds. The van der Waals surface area contributed by atoms with Gasteiger partial charge in [0.25, 0.3) is 0 Å². The predicted molar refractivity (Wildman–Crippen MR) is 24.4 cm³/mol. The second-order valence-electron chi connectivity index (χ2n) is 0.